The maximum absolute atomic E-state index is 5.40. The number of nitrogens with zero attached hydrogens (tertiary/aromatic N) is 1. The summed E-state index contributed by atoms with van der Waals surface area (Å²) >= 11 is 0. The van der Waals surface area contributed by atoms with E-state index < -0.39 is 0 Å². The van der Waals surface area contributed by atoms with E-state index in [4.69, 9.17) is 4.74 Å². The molecule has 0 radical (unpaired) electrons. The van der Waals surface area contributed by atoms with Crippen LogP contribution in [0.15, 0.2) is 48.6 Å². The van der Waals surface area contributed by atoms with Gasteiger partial charge in [0.25, 0.3) is 0 Å². The van der Waals surface area contributed by atoms with Gasteiger partial charge < -0.3 is 4.74 Å². The van der Waals surface area contributed by atoms with Crippen LogP contribution in [-0.2, 0) is 4.74 Å². The van der Waals surface area contributed by atoms with E-state index in [-0.39, 0.29) is 0 Å². The van der Waals surface area contributed by atoms with E-state index in [0.717, 1.165) is 13.2 Å². The van der Waals surface area contributed by atoms with Crippen LogP contribution in [0, 0.1) is 11.8 Å². The van der Waals surface area contributed by atoms with Crippen molar-refractivity contribution in [3.8, 4) is 0 Å². The van der Waals surface area contributed by atoms with Crippen LogP contribution in [0.1, 0.15) is 0 Å². The highest BCUT2D eigenvalue weighted by Crippen LogP contribution is 2.42. The highest BCUT2D eigenvalue weighted by molar-refractivity contribution is 5.31. The maximum atomic E-state index is 5.40. The first-order valence-electron chi connectivity index (χ1n) is 6.51. The molecule has 0 bridgehead atoms. The lowest BCUT2D eigenvalue weighted by atomic mass is 9.83. The van der Waals surface area contributed by atoms with E-state index in [1.165, 1.54) is 0 Å². The average Bonchev–Trinajstić information content (AvgIpc) is 3.15. The monoisotopic (exact) mass is 227 g/mol. The minimum Gasteiger partial charge on any atom is -0.372 e. The molecule has 0 aromatic heterocycles. The van der Waals surface area contributed by atoms with Crippen molar-refractivity contribution in [2.45, 2.75) is 18.2 Å². The standard InChI is InChI=1S/C15H17NO/c1-3-7-14-12(5-1)13-6-2-4-8-15(13)16(14)9-11-10-17-11/h1-8,11-15H,9-10H2. The van der Waals surface area contributed by atoms with Gasteiger partial charge in [0.2, 0.25) is 0 Å². The molecule has 0 amide bonds. The van der Waals surface area contributed by atoms with E-state index in [0.29, 0.717) is 30.0 Å². The van der Waals surface area contributed by atoms with Gasteiger partial charge in [0.15, 0.2) is 0 Å². The second kappa shape index (κ2) is 3.69. The Labute approximate surface area is 102 Å². The number of hydrogen-bond donors (Lipinski definition) is 0. The molecule has 0 N–H and O–H groups in total. The van der Waals surface area contributed by atoms with Gasteiger partial charge in [0.1, 0.15) is 0 Å². The molecule has 0 saturated carbocycles. The highest BCUT2D eigenvalue weighted by atomic mass is 16.6. The van der Waals surface area contributed by atoms with Gasteiger partial charge in [-0.2, -0.15) is 0 Å². The Morgan fingerprint density at radius 3 is 1.94 bits per heavy atom. The summed E-state index contributed by atoms with van der Waals surface area (Å²) in [4.78, 5) is 2.62. The van der Waals surface area contributed by atoms with E-state index >= 15 is 0 Å². The van der Waals surface area contributed by atoms with Crippen molar-refractivity contribution in [3.63, 3.8) is 0 Å². The summed E-state index contributed by atoms with van der Waals surface area (Å²) in [6.45, 7) is 2.03. The Balaban J connectivity index is 1.67. The van der Waals surface area contributed by atoms with Gasteiger partial charge in [-0.05, 0) is 0 Å². The summed E-state index contributed by atoms with van der Waals surface area (Å²) in [6.07, 6.45) is 18.7. The van der Waals surface area contributed by atoms with Crippen molar-refractivity contribution in [3.05, 3.63) is 48.6 Å². The van der Waals surface area contributed by atoms with Gasteiger partial charge in [-0.25, -0.2) is 0 Å². The number of likely N-dealkylation sites (tertiary alicyclic amines) is 1. The van der Waals surface area contributed by atoms with Crippen molar-refractivity contribution in [2.24, 2.45) is 11.8 Å². The second-order valence-electron chi connectivity index (χ2n) is 5.33. The zero-order valence-corrected chi connectivity index (χ0v) is 9.78. The molecule has 2 nitrogen and oxygen atoms in total. The van der Waals surface area contributed by atoms with Crippen LogP contribution < -0.4 is 0 Å². The number of rotatable bonds is 2. The highest BCUT2D eigenvalue weighted by Gasteiger charge is 2.46. The molecule has 2 saturated heterocycles. The predicted octanol–water partition coefficient (Wildman–Crippen LogP) is 1.92. The fourth-order valence-corrected chi connectivity index (χ4v) is 3.45. The van der Waals surface area contributed by atoms with Gasteiger partial charge in [0, 0.05) is 30.5 Å². The van der Waals surface area contributed by atoms with Crippen molar-refractivity contribution >= 4 is 0 Å². The molecule has 2 aliphatic carbocycles. The molecule has 2 heteroatoms. The maximum Gasteiger partial charge on any atom is 0.0936 e. The molecule has 88 valence electrons. The van der Waals surface area contributed by atoms with E-state index in [2.05, 4.69) is 53.5 Å². The van der Waals surface area contributed by atoms with Gasteiger partial charge in [-0.1, -0.05) is 48.6 Å². The molecule has 2 heterocycles. The first-order valence-corrected chi connectivity index (χ1v) is 6.51. The first-order chi connectivity index (χ1) is 8.43. The number of fused-ring (bicyclic) bond motifs is 3. The smallest absolute Gasteiger partial charge is 0.0936 e. The third kappa shape index (κ3) is 1.55. The Morgan fingerprint density at radius 1 is 0.882 bits per heavy atom. The fourth-order valence-electron chi connectivity index (χ4n) is 3.45. The van der Waals surface area contributed by atoms with E-state index in [1.54, 1.807) is 0 Å². The van der Waals surface area contributed by atoms with E-state index in [1.807, 2.05) is 0 Å². The summed E-state index contributed by atoms with van der Waals surface area (Å²) in [6, 6.07) is 1.12. The van der Waals surface area contributed by atoms with Crippen molar-refractivity contribution in [1.29, 1.82) is 0 Å². The Bertz CT molecular complexity index is 396. The Hall–Kier alpha value is -1.12. The average molecular weight is 227 g/mol. The topological polar surface area (TPSA) is 15.8 Å². The third-order valence-electron chi connectivity index (χ3n) is 4.32. The molecule has 0 spiro atoms. The van der Waals surface area contributed by atoms with Gasteiger partial charge >= 0.3 is 0 Å². The van der Waals surface area contributed by atoms with Crippen LogP contribution in [0.3, 0.4) is 0 Å². The van der Waals surface area contributed by atoms with Crippen LogP contribution in [0.25, 0.3) is 0 Å². The van der Waals surface area contributed by atoms with Crippen LogP contribution in [0.2, 0.25) is 0 Å². The molecule has 17 heavy (non-hydrogen) atoms. The van der Waals surface area contributed by atoms with Crippen molar-refractivity contribution in [2.75, 3.05) is 13.2 Å². The van der Waals surface area contributed by atoms with Gasteiger partial charge in [-0.15, -0.1) is 0 Å². The predicted molar refractivity (Wildman–Crippen MR) is 67.6 cm³/mol. The zero-order chi connectivity index (χ0) is 11.2. The lowest BCUT2D eigenvalue weighted by Gasteiger charge is -2.28. The Kier molecular flexibility index (Phi) is 2.14. The molecule has 2 aliphatic heterocycles. The summed E-state index contributed by atoms with van der Waals surface area (Å²) in [5.41, 5.74) is 0. The molecule has 0 aromatic rings. The number of hydrogen-bond acceptors (Lipinski definition) is 2. The fraction of sp³-hybridized carbons (Fsp3) is 0.467. The molecular formula is C15H17NO. The lowest BCUT2D eigenvalue weighted by molar-refractivity contribution is 0.210. The summed E-state index contributed by atoms with van der Waals surface area (Å²) in [5.74, 6) is 1.29. The number of allylic oxidation sites excluding steroid dienone is 4. The molecule has 5 atom stereocenters. The van der Waals surface area contributed by atoms with Crippen LogP contribution >= 0.6 is 0 Å². The first kappa shape index (κ1) is 9.86. The van der Waals surface area contributed by atoms with Crippen molar-refractivity contribution in [1.82, 2.24) is 4.90 Å². The van der Waals surface area contributed by atoms with Crippen LogP contribution in [0.5, 0.6) is 0 Å². The van der Waals surface area contributed by atoms with Crippen molar-refractivity contribution < 1.29 is 4.74 Å². The normalized spacial score (nSPS) is 46.0. The molecule has 2 fully saturated rings. The number of epoxide rings is 1. The van der Waals surface area contributed by atoms with E-state index in [9.17, 15) is 0 Å². The molecular weight excluding hydrogens is 210 g/mol. The number of ether oxygens (including phenoxy) is 1. The second-order valence-corrected chi connectivity index (χ2v) is 5.33. The zero-order valence-electron chi connectivity index (χ0n) is 9.78. The van der Waals surface area contributed by atoms with Crippen LogP contribution in [0.4, 0.5) is 0 Å². The Morgan fingerprint density at radius 2 is 1.41 bits per heavy atom. The lowest BCUT2D eigenvalue weighted by Crippen LogP contribution is -2.39. The molecule has 4 rings (SSSR count). The molecule has 5 unspecified atom stereocenters. The molecule has 0 aromatic carbocycles. The van der Waals surface area contributed by atoms with Gasteiger partial charge in [-0.3, -0.25) is 4.90 Å². The third-order valence-corrected chi connectivity index (χ3v) is 4.32. The van der Waals surface area contributed by atoms with Crippen LogP contribution in [-0.4, -0.2) is 36.2 Å². The largest absolute Gasteiger partial charge is 0.372 e. The SMILES string of the molecule is C1=CC2C3C=CC=CC3N(CC3CO3)C2C=C1. The summed E-state index contributed by atoms with van der Waals surface area (Å²) < 4.78 is 5.40. The molecule has 4 aliphatic rings. The summed E-state index contributed by atoms with van der Waals surface area (Å²) in [5, 5.41) is 0. The van der Waals surface area contributed by atoms with Gasteiger partial charge in [0.05, 0.1) is 12.7 Å². The quantitative estimate of drug-likeness (QED) is 0.670. The summed E-state index contributed by atoms with van der Waals surface area (Å²) in [7, 11) is 0. The minimum absolute atomic E-state index is 0.480. The minimum atomic E-state index is 0.480.